The molecular formula is C18H21N5O2. The van der Waals surface area contributed by atoms with E-state index < -0.39 is 0 Å². The van der Waals surface area contributed by atoms with Gasteiger partial charge in [-0.05, 0) is 30.9 Å². The molecule has 1 saturated carbocycles. The van der Waals surface area contributed by atoms with Crippen molar-refractivity contribution in [1.29, 1.82) is 0 Å². The highest BCUT2D eigenvalue weighted by atomic mass is 16.6. The van der Waals surface area contributed by atoms with Crippen molar-refractivity contribution in [2.45, 2.75) is 44.6 Å². The molecule has 0 spiro atoms. The number of fused-ring (bicyclic) bond motifs is 1. The topological polar surface area (TPSA) is 84.2 Å². The summed E-state index contributed by atoms with van der Waals surface area (Å²) in [4.78, 5) is 21.8. The van der Waals surface area contributed by atoms with Crippen LogP contribution in [-0.2, 0) is 6.42 Å². The Morgan fingerprint density at radius 1 is 1.16 bits per heavy atom. The maximum Gasteiger partial charge on any atom is 0.353 e. The second kappa shape index (κ2) is 6.66. The van der Waals surface area contributed by atoms with Gasteiger partial charge in [0.25, 0.3) is 0 Å². The fourth-order valence-corrected chi connectivity index (χ4v) is 3.84. The minimum Gasteiger partial charge on any atom is -0.361 e. The van der Waals surface area contributed by atoms with Crippen molar-refractivity contribution in [3.63, 3.8) is 0 Å². The van der Waals surface area contributed by atoms with Crippen LogP contribution in [-0.4, -0.2) is 27.5 Å². The van der Waals surface area contributed by atoms with E-state index in [4.69, 9.17) is 0 Å². The number of rotatable bonds is 4. The van der Waals surface area contributed by atoms with Gasteiger partial charge in [0.2, 0.25) is 11.6 Å². The maximum absolute atomic E-state index is 11.8. The summed E-state index contributed by atoms with van der Waals surface area (Å²) in [6.07, 6.45) is 7.90. The summed E-state index contributed by atoms with van der Waals surface area (Å²) < 4.78 is 0. The number of hydrogen-bond acceptors (Lipinski definition) is 6. The van der Waals surface area contributed by atoms with Crippen LogP contribution < -0.4 is 10.2 Å². The van der Waals surface area contributed by atoms with Crippen molar-refractivity contribution in [3.8, 4) is 0 Å². The van der Waals surface area contributed by atoms with Gasteiger partial charge < -0.3 is 10.2 Å². The summed E-state index contributed by atoms with van der Waals surface area (Å²) in [7, 11) is 0. The number of nitro groups is 1. The summed E-state index contributed by atoms with van der Waals surface area (Å²) in [5.41, 5.74) is 2.16. The average molecular weight is 339 g/mol. The van der Waals surface area contributed by atoms with E-state index in [1.165, 1.54) is 18.3 Å². The first kappa shape index (κ1) is 15.8. The van der Waals surface area contributed by atoms with Crippen molar-refractivity contribution in [2.75, 3.05) is 16.8 Å². The van der Waals surface area contributed by atoms with E-state index in [-0.39, 0.29) is 16.7 Å². The second-order valence-electron chi connectivity index (χ2n) is 6.66. The van der Waals surface area contributed by atoms with E-state index >= 15 is 0 Å². The van der Waals surface area contributed by atoms with Crippen LogP contribution in [0.25, 0.3) is 0 Å². The third-order valence-corrected chi connectivity index (χ3v) is 5.07. The number of nitrogens with one attached hydrogen (secondary N) is 1. The van der Waals surface area contributed by atoms with E-state index in [0.717, 1.165) is 37.8 Å². The fraction of sp³-hybridized carbons (Fsp3) is 0.444. The van der Waals surface area contributed by atoms with Crippen molar-refractivity contribution in [1.82, 2.24) is 9.97 Å². The van der Waals surface area contributed by atoms with E-state index in [0.29, 0.717) is 18.2 Å². The number of nitrogens with zero attached hydrogens (tertiary/aromatic N) is 4. The third-order valence-electron chi connectivity index (χ3n) is 5.07. The predicted molar refractivity (Wildman–Crippen MR) is 96.3 cm³/mol. The van der Waals surface area contributed by atoms with E-state index in [1.54, 1.807) is 0 Å². The van der Waals surface area contributed by atoms with Crippen molar-refractivity contribution >= 4 is 23.0 Å². The smallest absolute Gasteiger partial charge is 0.353 e. The Hall–Kier alpha value is -2.70. The Bertz CT molecular complexity index is 789. The molecular weight excluding hydrogens is 318 g/mol. The first-order valence-corrected chi connectivity index (χ1v) is 8.85. The molecule has 1 fully saturated rings. The van der Waals surface area contributed by atoms with Gasteiger partial charge in [-0.25, -0.2) is 9.97 Å². The van der Waals surface area contributed by atoms with E-state index in [9.17, 15) is 10.1 Å². The zero-order chi connectivity index (χ0) is 17.2. The summed E-state index contributed by atoms with van der Waals surface area (Å²) in [5, 5.41) is 15.1. The van der Waals surface area contributed by atoms with Gasteiger partial charge in [-0.3, -0.25) is 10.1 Å². The number of benzene rings is 1. The summed E-state index contributed by atoms with van der Waals surface area (Å²) in [6.45, 7) is 0.695. The minimum atomic E-state index is -0.360. The van der Waals surface area contributed by atoms with Crippen LogP contribution in [0.15, 0.2) is 30.6 Å². The van der Waals surface area contributed by atoms with Gasteiger partial charge in [0.05, 0.1) is 4.92 Å². The van der Waals surface area contributed by atoms with Gasteiger partial charge >= 0.3 is 5.69 Å². The highest BCUT2D eigenvalue weighted by Crippen LogP contribution is 2.40. The standard InChI is InChI=1S/C18H21N5O2/c24-23(25)16-17(21-14-7-2-1-3-8-14)19-12-20-18(16)22-11-10-13-6-4-5-9-15(13)22/h4-6,9,12,14H,1-3,7-8,10-11H2,(H,19,20,21). The monoisotopic (exact) mass is 339 g/mol. The Balaban J connectivity index is 1.71. The van der Waals surface area contributed by atoms with Crippen LogP contribution in [0.5, 0.6) is 0 Å². The Kier molecular flexibility index (Phi) is 4.21. The summed E-state index contributed by atoms with van der Waals surface area (Å²) in [5.74, 6) is 0.717. The molecule has 2 heterocycles. The predicted octanol–water partition coefficient (Wildman–Crippen LogP) is 3.82. The molecule has 7 nitrogen and oxygen atoms in total. The number of hydrogen-bond donors (Lipinski definition) is 1. The van der Waals surface area contributed by atoms with Gasteiger partial charge in [-0.2, -0.15) is 0 Å². The van der Waals surface area contributed by atoms with Crippen LogP contribution in [0.1, 0.15) is 37.7 Å². The molecule has 0 radical (unpaired) electrons. The Morgan fingerprint density at radius 2 is 1.96 bits per heavy atom. The molecule has 2 aromatic rings. The molecule has 1 N–H and O–H groups in total. The van der Waals surface area contributed by atoms with Crippen LogP contribution in [0.4, 0.5) is 23.0 Å². The molecule has 130 valence electrons. The van der Waals surface area contributed by atoms with Crippen molar-refractivity contribution in [3.05, 3.63) is 46.3 Å². The van der Waals surface area contributed by atoms with Gasteiger partial charge in [0.15, 0.2) is 0 Å². The number of anilines is 3. The lowest BCUT2D eigenvalue weighted by molar-refractivity contribution is -0.383. The van der Waals surface area contributed by atoms with E-state index in [2.05, 4.69) is 21.4 Å². The zero-order valence-electron chi connectivity index (χ0n) is 14.0. The molecule has 0 saturated heterocycles. The SMILES string of the molecule is O=[N+]([O-])c1c(NC2CCCCC2)ncnc1N1CCc2ccccc21. The largest absolute Gasteiger partial charge is 0.361 e. The molecule has 0 atom stereocenters. The van der Waals surface area contributed by atoms with Gasteiger partial charge in [0.1, 0.15) is 6.33 Å². The fourth-order valence-electron chi connectivity index (χ4n) is 3.84. The third kappa shape index (κ3) is 3.01. The molecule has 0 amide bonds. The van der Waals surface area contributed by atoms with Crippen LogP contribution in [0.2, 0.25) is 0 Å². The highest BCUT2D eigenvalue weighted by molar-refractivity contribution is 5.78. The Labute approximate surface area is 146 Å². The molecule has 1 aromatic carbocycles. The molecule has 1 aliphatic heterocycles. The van der Waals surface area contributed by atoms with Crippen LogP contribution in [0.3, 0.4) is 0 Å². The van der Waals surface area contributed by atoms with E-state index in [1.807, 2.05) is 23.1 Å². The lowest BCUT2D eigenvalue weighted by Gasteiger charge is -2.24. The first-order valence-electron chi connectivity index (χ1n) is 8.85. The molecule has 7 heteroatoms. The molecule has 1 aliphatic carbocycles. The summed E-state index contributed by atoms with van der Waals surface area (Å²) >= 11 is 0. The van der Waals surface area contributed by atoms with Crippen molar-refractivity contribution in [2.24, 2.45) is 0 Å². The molecule has 0 bridgehead atoms. The molecule has 2 aliphatic rings. The van der Waals surface area contributed by atoms with Crippen LogP contribution >= 0.6 is 0 Å². The second-order valence-corrected chi connectivity index (χ2v) is 6.66. The lowest BCUT2D eigenvalue weighted by atomic mass is 9.95. The number of aromatic nitrogens is 2. The molecule has 0 unspecified atom stereocenters. The minimum absolute atomic E-state index is 0.0234. The maximum atomic E-state index is 11.8. The average Bonchev–Trinajstić information content (AvgIpc) is 3.06. The van der Waals surface area contributed by atoms with Gasteiger partial charge in [-0.15, -0.1) is 0 Å². The van der Waals surface area contributed by atoms with Gasteiger partial charge in [-0.1, -0.05) is 37.5 Å². The Morgan fingerprint density at radius 3 is 2.76 bits per heavy atom. The molecule has 1 aromatic heterocycles. The highest BCUT2D eigenvalue weighted by Gasteiger charge is 2.32. The molecule has 25 heavy (non-hydrogen) atoms. The van der Waals surface area contributed by atoms with Crippen molar-refractivity contribution < 1.29 is 4.92 Å². The zero-order valence-corrected chi connectivity index (χ0v) is 14.0. The summed E-state index contributed by atoms with van der Waals surface area (Å²) in [6, 6.07) is 8.24. The quantitative estimate of drug-likeness (QED) is 0.673. The number of para-hydroxylation sites is 1. The lowest BCUT2D eigenvalue weighted by Crippen LogP contribution is -2.24. The van der Waals surface area contributed by atoms with Crippen LogP contribution in [0, 0.1) is 10.1 Å². The van der Waals surface area contributed by atoms with Gasteiger partial charge in [0, 0.05) is 18.3 Å². The molecule has 4 rings (SSSR count). The first-order chi connectivity index (χ1) is 12.2. The normalized spacial score (nSPS) is 17.4.